The Balaban J connectivity index is 1.53. The second kappa shape index (κ2) is 8.77. The summed E-state index contributed by atoms with van der Waals surface area (Å²) in [5, 5.41) is 6.30. The summed E-state index contributed by atoms with van der Waals surface area (Å²) in [4.78, 5) is 28.0. The molecular formula is C17H19N5OS2. The molecule has 0 spiro atoms. The molecule has 3 aromatic rings. The van der Waals surface area contributed by atoms with Crippen molar-refractivity contribution in [1.29, 1.82) is 0 Å². The minimum atomic E-state index is -0.103. The maximum absolute atomic E-state index is 12.3. The van der Waals surface area contributed by atoms with Gasteiger partial charge < -0.3 is 5.32 Å². The summed E-state index contributed by atoms with van der Waals surface area (Å²) in [5.74, 6) is 2.35. The van der Waals surface area contributed by atoms with Crippen LogP contribution in [-0.4, -0.2) is 32.2 Å². The molecule has 0 saturated heterocycles. The van der Waals surface area contributed by atoms with E-state index in [4.69, 9.17) is 0 Å². The van der Waals surface area contributed by atoms with Gasteiger partial charge in [-0.05, 0) is 18.6 Å². The van der Waals surface area contributed by atoms with Crippen LogP contribution < -0.4 is 10.9 Å². The summed E-state index contributed by atoms with van der Waals surface area (Å²) in [6.07, 6.45) is 5.85. The molecule has 0 unspecified atom stereocenters. The van der Waals surface area contributed by atoms with Gasteiger partial charge in [0.25, 0.3) is 5.56 Å². The summed E-state index contributed by atoms with van der Waals surface area (Å²) in [6, 6.07) is 3.82. The smallest absolute Gasteiger partial charge is 0.256 e. The number of H-pyrrole nitrogens is 1. The highest BCUT2D eigenvalue weighted by atomic mass is 32.2. The van der Waals surface area contributed by atoms with Crippen molar-refractivity contribution in [3.05, 3.63) is 68.3 Å². The summed E-state index contributed by atoms with van der Waals surface area (Å²) >= 11 is 3.47. The number of hydrogen-bond acceptors (Lipinski definition) is 7. The highest BCUT2D eigenvalue weighted by molar-refractivity contribution is 7.98. The van der Waals surface area contributed by atoms with Crippen molar-refractivity contribution in [3.8, 4) is 0 Å². The molecule has 0 atom stereocenters. The number of anilines is 1. The SMILES string of the molecule is Cc1nc(NCCSCc2nccs2)[nH]c(=O)c1Cc1cccnc1. The molecule has 3 aromatic heterocycles. The Morgan fingerprint density at radius 3 is 3.00 bits per heavy atom. The second-order valence-electron chi connectivity index (χ2n) is 5.42. The Labute approximate surface area is 154 Å². The molecule has 3 heterocycles. The van der Waals surface area contributed by atoms with E-state index in [1.807, 2.05) is 30.6 Å². The van der Waals surface area contributed by atoms with E-state index in [0.717, 1.165) is 34.3 Å². The van der Waals surface area contributed by atoms with Crippen molar-refractivity contribution in [2.45, 2.75) is 19.1 Å². The summed E-state index contributed by atoms with van der Waals surface area (Å²) in [7, 11) is 0. The van der Waals surface area contributed by atoms with Gasteiger partial charge in [-0.2, -0.15) is 11.8 Å². The van der Waals surface area contributed by atoms with Gasteiger partial charge in [-0.25, -0.2) is 9.97 Å². The minimum Gasteiger partial charge on any atom is -0.355 e. The van der Waals surface area contributed by atoms with Gasteiger partial charge in [-0.1, -0.05) is 6.07 Å². The number of hydrogen-bond donors (Lipinski definition) is 2. The minimum absolute atomic E-state index is 0.103. The van der Waals surface area contributed by atoms with Crippen LogP contribution in [0.2, 0.25) is 0 Å². The molecule has 0 fully saturated rings. The van der Waals surface area contributed by atoms with Gasteiger partial charge >= 0.3 is 0 Å². The number of nitrogens with zero attached hydrogens (tertiary/aromatic N) is 3. The van der Waals surface area contributed by atoms with Crippen molar-refractivity contribution in [1.82, 2.24) is 19.9 Å². The van der Waals surface area contributed by atoms with Crippen molar-refractivity contribution >= 4 is 29.0 Å². The molecule has 130 valence electrons. The third-order valence-corrected chi connectivity index (χ3v) is 5.51. The molecule has 0 saturated carbocycles. The predicted octanol–water partition coefficient (Wildman–Crippen LogP) is 2.87. The predicted molar refractivity (Wildman–Crippen MR) is 103 cm³/mol. The van der Waals surface area contributed by atoms with Crippen LogP contribution in [0.15, 0.2) is 40.9 Å². The van der Waals surface area contributed by atoms with E-state index >= 15 is 0 Å². The zero-order valence-corrected chi connectivity index (χ0v) is 15.5. The second-order valence-corrected chi connectivity index (χ2v) is 7.51. The van der Waals surface area contributed by atoms with E-state index in [1.54, 1.807) is 35.5 Å². The number of aromatic nitrogens is 4. The largest absolute Gasteiger partial charge is 0.355 e. The first-order valence-electron chi connectivity index (χ1n) is 7.91. The van der Waals surface area contributed by atoms with E-state index in [1.165, 1.54) is 0 Å². The lowest BCUT2D eigenvalue weighted by Crippen LogP contribution is -2.20. The third kappa shape index (κ3) is 5.14. The number of pyridine rings is 1. The molecule has 0 radical (unpaired) electrons. The lowest BCUT2D eigenvalue weighted by Gasteiger charge is -2.09. The standard InChI is InChI=1S/C17H19N5OS2/c1-12-14(9-13-3-2-4-18-10-13)16(23)22-17(21-12)20-5-7-24-11-15-19-6-8-25-15/h2-4,6,8,10H,5,7,9,11H2,1H3,(H2,20,21,22,23). The van der Waals surface area contributed by atoms with Gasteiger partial charge in [0.2, 0.25) is 5.95 Å². The molecule has 3 rings (SSSR count). The molecule has 0 aliphatic rings. The van der Waals surface area contributed by atoms with Crippen LogP contribution in [0.5, 0.6) is 0 Å². The van der Waals surface area contributed by atoms with Crippen LogP contribution in [-0.2, 0) is 12.2 Å². The maximum atomic E-state index is 12.3. The summed E-state index contributed by atoms with van der Waals surface area (Å²) in [6.45, 7) is 2.60. The van der Waals surface area contributed by atoms with Crippen molar-refractivity contribution in [2.75, 3.05) is 17.6 Å². The maximum Gasteiger partial charge on any atom is 0.256 e. The Bertz CT molecular complexity index is 849. The monoisotopic (exact) mass is 373 g/mol. The van der Waals surface area contributed by atoms with Crippen LogP contribution in [0.3, 0.4) is 0 Å². The molecule has 8 heteroatoms. The zero-order chi connectivity index (χ0) is 17.5. The van der Waals surface area contributed by atoms with E-state index in [-0.39, 0.29) is 5.56 Å². The Morgan fingerprint density at radius 2 is 2.28 bits per heavy atom. The Hall–Kier alpha value is -2.19. The number of rotatable bonds is 8. The first-order valence-corrected chi connectivity index (χ1v) is 9.94. The summed E-state index contributed by atoms with van der Waals surface area (Å²) in [5.41, 5.74) is 2.31. The van der Waals surface area contributed by atoms with E-state index in [0.29, 0.717) is 17.9 Å². The fourth-order valence-corrected chi connectivity index (χ4v) is 3.90. The van der Waals surface area contributed by atoms with Gasteiger partial charge in [0, 0.05) is 54.0 Å². The normalized spacial score (nSPS) is 10.8. The van der Waals surface area contributed by atoms with Gasteiger partial charge in [0.15, 0.2) is 0 Å². The molecule has 6 nitrogen and oxygen atoms in total. The first kappa shape index (κ1) is 17.6. The van der Waals surface area contributed by atoms with Crippen LogP contribution >= 0.6 is 23.1 Å². The molecule has 0 bridgehead atoms. The average molecular weight is 374 g/mol. The van der Waals surface area contributed by atoms with Crippen LogP contribution in [0.4, 0.5) is 5.95 Å². The van der Waals surface area contributed by atoms with E-state index < -0.39 is 0 Å². The Kier molecular flexibility index (Phi) is 6.19. The van der Waals surface area contributed by atoms with Crippen LogP contribution in [0.1, 0.15) is 21.8 Å². The van der Waals surface area contributed by atoms with Gasteiger partial charge in [-0.15, -0.1) is 11.3 Å². The highest BCUT2D eigenvalue weighted by Gasteiger charge is 2.09. The third-order valence-electron chi connectivity index (χ3n) is 3.57. The topological polar surface area (TPSA) is 83.6 Å². The quantitative estimate of drug-likeness (QED) is 0.591. The van der Waals surface area contributed by atoms with E-state index in [2.05, 4.69) is 25.3 Å². The highest BCUT2D eigenvalue weighted by Crippen LogP contribution is 2.14. The van der Waals surface area contributed by atoms with Crippen molar-refractivity contribution in [3.63, 3.8) is 0 Å². The number of aromatic amines is 1. The number of thiazole rings is 1. The van der Waals surface area contributed by atoms with E-state index in [9.17, 15) is 4.79 Å². The molecule has 0 aliphatic heterocycles. The molecule has 0 aliphatic carbocycles. The molecular weight excluding hydrogens is 354 g/mol. The number of aryl methyl sites for hydroxylation is 1. The zero-order valence-electron chi connectivity index (χ0n) is 13.9. The first-order chi connectivity index (χ1) is 12.2. The average Bonchev–Trinajstić information content (AvgIpc) is 3.12. The fraction of sp³-hybridized carbons (Fsp3) is 0.294. The molecule has 0 amide bonds. The Morgan fingerprint density at radius 1 is 1.36 bits per heavy atom. The lowest BCUT2D eigenvalue weighted by atomic mass is 10.1. The van der Waals surface area contributed by atoms with Crippen LogP contribution in [0, 0.1) is 6.92 Å². The molecule has 25 heavy (non-hydrogen) atoms. The van der Waals surface area contributed by atoms with Crippen molar-refractivity contribution in [2.24, 2.45) is 0 Å². The van der Waals surface area contributed by atoms with Gasteiger partial charge in [-0.3, -0.25) is 14.8 Å². The van der Waals surface area contributed by atoms with Crippen molar-refractivity contribution < 1.29 is 0 Å². The molecule has 0 aromatic carbocycles. The summed E-state index contributed by atoms with van der Waals surface area (Å²) < 4.78 is 0. The number of nitrogens with one attached hydrogen (secondary N) is 2. The van der Waals surface area contributed by atoms with Gasteiger partial charge in [0.05, 0.1) is 5.69 Å². The molecule has 2 N–H and O–H groups in total. The fourth-order valence-electron chi connectivity index (χ4n) is 2.33. The van der Waals surface area contributed by atoms with Gasteiger partial charge in [0.1, 0.15) is 5.01 Å². The number of thioether (sulfide) groups is 1. The van der Waals surface area contributed by atoms with Crippen LogP contribution in [0.25, 0.3) is 0 Å². The lowest BCUT2D eigenvalue weighted by molar-refractivity contribution is 0.964.